The predicted octanol–water partition coefficient (Wildman–Crippen LogP) is 3.41. The van der Waals surface area contributed by atoms with Crippen LogP contribution in [0.3, 0.4) is 0 Å². The molecule has 0 spiro atoms. The zero-order valence-corrected chi connectivity index (χ0v) is 15.6. The number of carbonyl (C=O) groups is 1. The maximum absolute atomic E-state index is 13.0. The number of hydrogen-bond donors (Lipinski definition) is 1. The van der Waals surface area contributed by atoms with Crippen LogP contribution in [0.15, 0.2) is 74.0 Å². The van der Waals surface area contributed by atoms with Crippen molar-refractivity contribution in [1.29, 1.82) is 0 Å². The van der Waals surface area contributed by atoms with Crippen LogP contribution in [0.1, 0.15) is 0 Å². The number of rotatable bonds is 6. The van der Waals surface area contributed by atoms with Crippen LogP contribution in [0.5, 0.6) is 0 Å². The molecule has 2 aromatic carbocycles. The molecule has 0 saturated heterocycles. The molecule has 6 nitrogen and oxygen atoms in total. The van der Waals surface area contributed by atoms with Gasteiger partial charge in [0.05, 0.1) is 10.6 Å². The molecule has 0 fully saturated rings. The third-order valence-electron chi connectivity index (χ3n) is 3.31. The van der Waals surface area contributed by atoms with Gasteiger partial charge in [0.15, 0.2) is 0 Å². The number of halogens is 1. The number of aromatic nitrogens is 1. The van der Waals surface area contributed by atoms with Crippen molar-refractivity contribution in [2.24, 2.45) is 5.73 Å². The predicted molar refractivity (Wildman–Crippen MR) is 98.8 cm³/mol. The van der Waals surface area contributed by atoms with Crippen molar-refractivity contribution >= 4 is 39.1 Å². The second kappa shape index (κ2) is 7.53. The molecule has 0 saturated carbocycles. The fraction of sp³-hybridized carbons (Fsp3) is 0.0588. The summed E-state index contributed by atoms with van der Waals surface area (Å²) in [7, 11) is -3.96. The maximum atomic E-state index is 13.0. The SMILES string of the molecule is NC(=O)CSc1oc(-c2ccccc2)nc1S(=O)(=O)c1ccc(Cl)cc1. The first-order chi connectivity index (χ1) is 12.4. The highest BCUT2D eigenvalue weighted by Crippen LogP contribution is 2.34. The smallest absolute Gasteiger partial charge is 0.228 e. The average molecular weight is 409 g/mol. The number of thioether (sulfide) groups is 1. The average Bonchev–Trinajstić information content (AvgIpc) is 3.06. The summed E-state index contributed by atoms with van der Waals surface area (Å²) in [5.74, 6) is -0.584. The zero-order valence-electron chi connectivity index (χ0n) is 13.3. The van der Waals surface area contributed by atoms with Gasteiger partial charge in [0.2, 0.25) is 31.8 Å². The van der Waals surface area contributed by atoms with Gasteiger partial charge in [-0.05, 0) is 36.4 Å². The Bertz CT molecular complexity index is 1030. The van der Waals surface area contributed by atoms with Gasteiger partial charge in [-0.1, -0.05) is 41.6 Å². The monoisotopic (exact) mass is 408 g/mol. The number of nitrogens with zero attached hydrogens (tertiary/aromatic N) is 1. The highest BCUT2D eigenvalue weighted by atomic mass is 35.5. The Morgan fingerprint density at radius 2 is 1.77 bits per heavy atom. The van der Waals surface area contributed by atoms with Crippen molar-refractivity contribution in [1.82, 2.24) is 4.98 Å². The first-order valence-corrected chi connectivity index (χ1v) is 10.2. The quantitative estimate of drug-likeness (QED) is 0.627. The van der Waals surface area contributed by atoms with Crippen LogP contribution in [0.4, 0.5) is 0 Å². The lowest BCUT2D eigenvalue weighted by Crippen LogP contribution is -2.13. The van der Waals surface area contributed by atoms with Gasteiger partial charge >= 0.3 is 0 Å². The first kappa shape index (κ1) is 18.5. The Kier molecular flexibility index (Phi) is 5.36. The number of nitrogens with two attached hydrogens (primary N) is 1. The van der Waals surface area contributed by atoms with Gasteiger partial charge in [0.1, 0.15) is 0 Å². The molecule has 3 rings (SSSR count). The molecule has 26 heavy (non-hydrogen) atoms. The second-order valence-electron chi connectivity index (χ2n) is 5.19. The number of oxazole rings is 1. The van der Waals surface area contributed by atoms with Crippen molar-refractivity contribution in [3.63, 3.8) is 0 Å². The van der Waals surface area contributed by atoms with Crippen molar-refractivity contribution in [3.8, 4) is 11.5 Å². The van der Waals surface area contributed by atoms with E-state index in [1.165, 1.54) is 24.3 Å². The van der Waals surface area contributed by atoms with E-state index in [0.717, 1.165) is 11.8 Å². The molecule has 9 heteroatoms. The van der Waals surface area contributed by atoms with Gasteiger partial charge in [-0.15, -0.1) is 0 Å². The molecule has 0 atom stereocenters. The van der Waals surface area contributed by atoms with Gasteiger partial charge in [-0.2, -0.15) is 4.98 Å². The van der Waals surface area contributed by atoms with Crippen LogP contribution in [0.25, 0.3) is 11.5 Å². The van der Waals surface area contributed by atoms with E-state index in [1.807, 2.05) is 6.07 Å². The fourth-order valence-electron chi connectivity index (χ4n) is 2.12. The standard InChI is InChI=1S/C17H13ClN2O4S2/c18-12-6-8-13(9-7-12)26(22,23)16-17(25-10-14(19)21)24-15(20-16)11-4-2-1-3-5-11/h1-9H,10H2,(H2,19,21). The van der Waals surface area contributed by atoms with Crippen molar-refractivity contribution in [3.05, 3.63) is 59.6 Å². The second-order valence-corrected chi connectivity index (χ2v) is 8.44. The minimum absolute atomic E-state index is 0.0117. The summed E-state index contributed by atoms with van der Waals surface area (Å²) in [6, 6.07) is 14.6. The normalized spacial score (nSPS) is 11.4. The van der Waals surface area contributed by atoms with Gasteiger partial charge in [0.25, 0.3) is 0 Å². The Morgan fingerprint density at radius 1 is 1.12 bits per heavy atom. The van der Waals surface area contributed by atoms with E-state index in [1.54, 1.807) is 24.3 Å². The molecule has 3 aromatic rings. The number of primary amides is 1. The summed E-state index contributed by atoms with van der Waals surface area (Å²) in [5.41, 5.74) is 5.78. The summed E-state index contributed by atoms with van der Waals surface area (Å²) >= 11 is 6.71. The molecule has 0 unspecified atom stereocenters. The molecule has 1 amide bonds. The van der Waals surface area contributed by atoms with Gasteiger partial charge in [0, 0.05) is 10.6 Å². The molecule has 0 aliphatic heterocycles. The first-order valence-electron chi connectivity index (χ1n) is 7.36. The summed E-state index contributed by atoms with van der Waals surface area (Å²) < 4.78 is 31.5. The van der Waals surface area contributed by atoms with Crippen molar-refractivity contribution in [2.75, 3.05) is 5.75 Å². The minimum Gasteiger partial charge on any atom is -0.428 e. The number of amides is 1. The molecule has 1 heterocycles. The Morgan fingerprint density at radius 3 is 2.38 bits per heavy atom. The van der Waals surface area contributed by atoms with E-state index in [9.17, 15) is 13.2 Å². The van der Waals surface area contributed by atoms with E-state index in [0.29, 0.717) is 10.6 Å². The summed E-state index contributed by atoms with van der Waals surface area (Å²) in [6.45, 7) is 0. The van der Waals surface area contributed by atoms with Gasteiger partial charge in [-0.25, -0.2) is 8.42 Å². The molecule has 2 N–H and O–H groups in total. The largest absolute Gasteiger partial charge is 0.428 e. The number of benzene rings is 2. The van der Waals surface area contributed by atoms with Crippen LogP contribution >= 0.6 is 23.4 Å². The Hall–Kier alpha value is -2.29. The van der Waals surface area contributed by atoms with E-state index in [2.05, 4.69) is 4.98 Å². The Labute approximate surface area is 159 Å². The molecule has 1 aromatic heterocycles. The van der Waals surface area contributed by atoms with Crippen LogP contribution in [0, 0.1) is 0 Å². The number of sulfone groups is 1. The highest BCUT2D eigenvalue weighted by Gasteiger charge is 2.29. The van der Waals surface area contributed by atoms with Crippen molar-refractivity contribution < 1.29 is 17.6 Å². The highest BCUT2D eigenvalue weighted by molar-refractivity contribution is 8.00. The molecule has 0 aliphatic carbocycles. The van der Waals surface area contributed by atoms with Crippen LogP contribution in [-0.4, -0.2) is 25.1 Å². The lowest BCUT2D eigenvalue weighted by atomic mass is 10.2. The zero-order chi connectivity index (χ0) is 18.7. The fourth-order valence-corrected chi connectivity index (χ4v) is 4.51. The third-order valence-corrected chi connectivity index (χ3v) is 6.34. The summed E-state index contributed by atoms with van der Waals surface area (Å²) in [6.07, 6.45) is 0. The number of carbonyl (C=O) groups excluding carboxylic acids is 1. The molecular weight excluding hydrogens is 396 g/mol. The number of hydrogen-bond acceptors (Lipinski definition) is 6. The van der Waals surface area contributed by atoms with Gasteiger partial charge in [-0.3, -0.25) is 4.79 Å². The maximum Gasteiger partial charge on any atom is 0.228 e. The minimum atomic E-state index is -3.96. The van der Waals surface area contributed by atoms with Crippen molar-refractivity contribution in [2.45, 2.75) is 15.0 Å². The van der Waals surface area contributed by atoms with E-state index >= 15 is 0 Å². The lowest BCUT2D eigenvalue weighted by molar-refractivity contribution is -0.115. The Balaban J connectivity index is 2.10. The van der Waals surface area contributed by atoms with E-state index in [-0.39, 0.29) is 26.7 Å². The van der Waals surface area contributed by atoms with Crippen LogP contribution in [0.2, 0.25) is 5.02 Å². The molecule has 0 aliphatic rings. The topological polar surface area (TPSA) is 103 Å². The molecule has 134 valence electrons. The van der Waals surface area contributed by atoms with Crippen LogP contribution < -0.4 is 5.73 Å². The molecule has 0 radical (unpaired) electrons. The van der Waals surface area contributed by atoms with E-state index < -0.39 is 15.7 Å². The van der Waals surface area contributed by atoms with Gasteiger partial charge < -0.3 is 10.2 Å². The summed E-state index contributed by atoms with van der Waals surface area (Å²) in [5, 5.41) is 0.167. The van der Waals surface area contributed by atoms with Crippen LogP contribution in [-0.2, 0) is 14.6 Å². The summed E-state index contributed by atoms with van der Waals surface area (Å²) in [4.78, 5) is 15.3. The molecular formula is C17H13ClN2O4S2. The van der Waals surface area contributed by atoms with E-state index in [4.69, 9.17) is 21.8 Å². The third kappa shape index (κ3) is 3.92. The molecule has 0 bridgehead atoms. The lowest BCUT2D eigenvalue weighted by Gasteiger charge is -2.03.